The van der Waals surface area contributed by atoms with Gasteiger partial charge in [-0.3, -0.25) is 9.59 Å². The van der Waals surface area contributed by atoms with Crippen LogP contribution in [-0.4, -0.2) is 35.9 Å². The quantitative estimate of drug-likeness (QED) is 0.766. The maximum Gasteiger partial charge on any atom is 0.387 e. The molecule has 3 rings (SSSR count). The SMILES string of the molecule is O=C(Nc1ccccc1)[C@@H]1CCCN1C(=O)/C=C/c1ccccc1OC(F)F. The lowest BCUT2D eigenvalue weighted by Crippen LogP contribution is -2.42. The number of benzene rings is 2. The lowest BCUT2D eigenvalue weighted by Gasteiger charge is -2.22. The molecule has 28 heavy (non-hydrogen) atoms. The zero-order valence-corrected chi connectivity index (χ0v) is 15.1. The van der Waals surface area contributed by atoms with E-state index >= 15 is 0 Å². The van der Waals surface area contributed by atoms with Crippen molar-refractivity contribution in [2.75, 3.05) is 11.9 Å². The first-order chi connectivity index (χ1) is 13.5. The molecule has 0 saturated carbocycles. The van der Waals surface area contributed by atoms with E-state index in [1.807, 2.05) is 18.2 Å². The van der Waals surface area contributed by atoms with Gasteiger partial charge in [0.15, 0.2) is 0 Å². The van der Waals surface area contributed by atoms with Crippen molar-refractivity contribution in [2.24, 2.45) is 0 Å². The van der Waals surface area contributed by atoms with Crippen LogP contribution in [0.1, 0.15) is 18.4 Å². The second-order valence-electron chi connectivity index (χ2n) is 6.29. The number of rotatable bonds is 6. The number of hydrogen-bond donors (Lipinski definition) is 1. The predicted octanol–water partition coefficient (Wildman–Crippen LogP) is 3.93. The molecule has 0 radical (unpaired) electrons. The number of para-hydroxylation sites is 2. The summed E-state index contributed by atoms with van der Waals surface area (Å²) in [6.07, 6.45) is 3.99. The minimum Gasteiger partial charge on any atom is -0.434 e. The Hall–Kier alpha value is -3.22. The molecule has 2 amide bonds. The third-order valence-electron chi connectivity index (χ3n) is 4.42. The number of anilines is 1. The molecule has 146 valence electrons. The lowest BCUT2D eigenvalue weighted by atomic mass is 10.1. The second kappa shape index (κ2) is 9.12. The fourth-order valence-corrected chi connectivity index (χ4v) is 3.13. The van der Waals surface area contributed by atoms with Gasteiger partial charge in [0.25, 0.3) is 0 Å². The lowest BCUT2D eigenvalue weighted by molar-refractivity contribution is -0.132. The zero-order valence-electron chi connectivity index (χ0n) is 15.1. The molecule has 1 saturated heterocycles. The van der Waals surface area contributed by atoms with Gasteiger partial charge in [0.2, 0.25) is 11.8 Å². The standard InChI is InChI=1S/C21H20F2N2O3/c22-21(23)28-18-11-5-4-7-15(18)12-13-19(26)25-14-6-10-17(25)20(27)24-16-8-2-1-3-9-16/h1-5,7-9,11-13,17,21H,6,10,14H2,(H,24,27)/b13-12+/t17-/m0/s1. The van der Waals surface area contributed by atoms with E-state index in [9.17, 15) is 18.4 Å². The Morgan fingerprint density at radius 3 is 2.57 bits per heavy atom. The number of carbonyl (C=O) groups is 2. The van der Waals surface area contributed by atoms with E-state index in [-0.39, 0.29) is 17.6 Å². The maximum absolute atomic E-state index is 12.6. The van der Waals surface area contributed by atoms with E-state index in [1.165, 1.54) is 23.1 Å². The molecule has 1 N–H and O–H groups in total. The molecule has 7 heteroatoms. The molecule has 0 bridgehead atoms. The van der Waals surface area contributed by atoms with Crippen LogP contribution in [-0.2, 0) is 9.59 Å². The number of halogens is 2. The van der Waals surface area contributed by atoms with Gasteiger partial charge in [-0.1, -0.05) is 36.4 Å². The van der Waals surface area contributed by atoms with Crippen molar-refractivity contribution in [1.82, 2.24) is 4.90 Å². The monoisotopic (exact) mass is 386 g/mol. The Kier molecular flexibility index (Phi) is 6.37. The van der Waals surface area contributed by atoms with Crippen molar-refractivity contribution in [3.63, 3.8) is 0 Å². The van der Waals surface area contributed by atoms with Gasteiger partial charge in [0, 0.05) is 23.9 Å². The number of hydrogen-bond acceptors (Lipinski definition) is 3. The van der Waals surface area contributed by atoms with E-state index in [4.69, 9.17) is 0 Å². The Labute approximate surface area is 161 Å². The summed E-state index contributed by atoms with van der Waals surface area (Å²) in [5.74, 6) is -0.606. The molecule has 1 atom stereocenters. The van der Waals surface area contributed by atoms with Crippen molar-refractivity contribution in [2.45, 2.75) is 25.5 Å². The van der Waals surface area contributed by atoms with Gasteiger partial charge < -0.3 is 15.0 Å². The van der Waals surface area contributed by atoms with E-state index in [2.05, 4.69) is 10.1 Å². The van der Waals surface area contributed by atoms with Gasteiger partial charge in [0.1, 0.15) is 11.8 Å². The Balaban J connectivity index is 1.68. The first-order valence-corrected chi connectivity index (χ1v) is 8.93. The van der Waals surface area contributed by atoms with Gasteiger partial charge in [-0.2, -0.15) is 8.78 Å². The third kappa shape index (κ3) is 4.94. The summed E-state index contributed by atoms with van der Waals surface area (Å²) in [5.41, 5.74) is 1.03. The highest BCUT2D eigenvalue weighted by Crippen LogP contribution is 2.23. The molecule has 0 unspecified atom stereocenters. The summed E-state index contributed by atoms with van der Waals surface area (Å²) in [5, 5.41) is 2.81. The average Bonchev–Trinajstić information content (AvgIpc) is 3.17. The van der Waals surface area contributed by atoms with Crippen LogP contribution in [0, 0.1) is 0 Å². The molecule has 5 nitrogen and oxygen atoms in total. The smallest absolute Gasteiger partial charge is 0.387 e. The van der Waals surface area contributed by atoms with Crippen LogP contribution in [0.15, 0.2) is 60.7 Å². The molecule has 1 aliphatic heterocycles. The maximum atomic E-state index is 12.6. The molecule has 0 aliphatic carbocycles. The first kappa shape index (κ1) is 19.5. The number of carbonyl (C=O) groups excluding carboxylic acids is 2. The van der Waals surface area contributed by atoms with Crippen molar-refractivity contribution < 1.29 is 23.1 Å². The topological polar surface area (TPSA) is 58.6 Å². The fraction of sp³-hybridized carbons (Fsp3) is 0.238. The van der Waals surface area contributed by atoms with Gasteiger partial charge in [-0.25, -0.2) is 0 Å². The van der Waals surface area contributed by atoms with Gasteiger partial charge in [-0.15, -0.1) is 0 Å². The molecular weight excluding hydrogens is 366 g/mol. The molecule has 2 aromatic carbocycles. The van der Waals surface area contributed by atoms with Crippen LogP contribution in [0.4, 0.5) is 14.5 Å². The van der Waals surface area contributed by atoms with Crippen LogP contribution >= 0.6 is 0 Å². The molecule has 0 spiro atoms. The number of amides is 2. The van der Waals surface area contributed by atoms with E-state index in [1.54, 1.807) is 30.3 Å². The average molecular weight is 386 g/mol. The summed E-state index contributed by atoms with van der Waals surface area (Å²) in [6.45, 7) is -2.49. The van der Waals surface area contributed by atoms with E-state index < -0.39 is 12.7 Å². The summed E-state index contributed by atoms with van der Waals surface area (Å²) >= 11 is 0. The van der Waals surface area contributed by atoms with Crippen LogP contribution in [0.3, 0.4) is 0 Å². The first-order valence-electron chi connectivity index (χ1n) is 8.93. The van der Waals surface area contributed by atoms with Crippen molar-refractivity contribution >= 4 is 23.6 Å². The molecule has 0 aromatic heterocycles. The summed E-state index contributed by atoms with van der Waals surface area (Å²) < 4.78 is 29.5. The van der Waals surface area contributed by atoms with Crippen molar-refractivity contribution in [3.8, 4) is 5.75 Å². The zero-order chi connectivity index (χ0) is 19.9. The summed E-state index contributed by atoms with van der Waals surface area (Å²) in [6, 6.07) is 14.7. The highest BCUT2D eigenvalue weighted by atomic mass is 19.3. The van der Waals surface area contributed by atoms with Crippen LogP contribution < -0.4 is 10.1 Å². The number of ether oxygens (including phenoxy) is 1. The van der Waals surface area contributed by atoms with Crippen molar-refractivity contribution in [1.29, 1.82) is 0 Å². The Bertz CT molecular complexity index is 856. The second-order valence-corrected chi connectivity index (χ2v) is 6.29. The summed E-state index contributed by atoms with van der Waals surface area (Å²) in [7, 11) is 0. The van der Waals surface area contributed by atoms with Gasteiger partial charge in [-0.05, 0) is 37.1 Å². The van der Waals surface area contributed by atoms with Gasteiger partial charge in [0.05, 0.1) is 0 Å². The highest BCUT2D eigenvalue weighted by molar-refractivity contribution is 6.00. The van der Waals surface area contributed by atoms with Crippen molar-refractivity contribution in [3.05, 3.63) is 66.2 Å². The molecule has 2 aromatic rings. The van der Waals surface area contributed by atoms with Crippen LogP contribution in [0.5, 0.6) is 5.75 Å². The van der Waals surface area contributed by atoms with Crippen LogP contribution in [0.2, 0.25) is 0 Å². The minimum atomic E-state index is -2.95. The predicted molar refractivity (Wildman–Crippen MR) is 102 cm³/mol. The molecule has 1 fully saturated rings. The van der Waals surface area contributed by atoms with E-state index in [0.29, 0.717) is 24.2 Å². The highest BCUT2D eigenvalue weighted by Gasteiger charge is 2.33. The molecule has 1 heterocycles. The fourth-order valence-electron chi connectivity index (χ4n) is 3.13. The minimum absolute atomic E-state index is 0.0126. The van der Waals surface area contributed by atoms with Gasteiger partial charge >= 0.3 is 6.61 Å². The number of nitrogens with zero attached hydrogens (tertiary/aromatic N) is 1. The Morgan fingerprint density at radius 1 is 1.11 bits per heavy atom. The Morgan fingerprint density at radius 2 is 1.82 bits per heavy atom. The number of nitrogens with one attached hydrogen (secondary N) is 1. The summed E-state index contributed by atoms with van der Waals surface area (Å²) in [4.78, 5) is 26.6. The van der Waals surface area contributed by atoms with E-state index in [0.717, 1.165) is 6.42 Å². The normalized spacial score (nSPS) is 16.5. The number of likely N-dealkylation sites (tertiary alicyclic amines) is 1. The van der Waals surface area contributed by atoms with Crippen LogP contribution in [0.25, 0.3) is 6.08 Å². The molecule has 1 aliphatic rings. The largest absolute Gasteiger partial charge is 0.434 e. The third-order valence-corrected chi connectivity index (χ3v) is 4.42. The molecular formula is C21H20F2N2O3. The number of alkyl halides is 2.